The fourth-order valence-electron chi connectivity index (χ4n) is 3.84. The molecule has 0 spiro atoms. The first-order chi connectivity index (χ1) is 14.4. The number of amides is 1. The molecule has 1 saturated heterocycles. The first-order valence-electron chi connectivity index (χ1n) is 9.77. The van der Waals surface area contributed by atoms with Gasteiger partial charge in [-0.1, -0.05) is 11.6 Å². The number of piperazine rings is 1. The molecule has 2 aliphatic rings. The molecule has 0 bridgehead atoms. The molecule has 4 rings (SSSR count). The van der Waals surface area contributed by atoms with Crippen molar-refractivity contribution in [2.75, 3.05) is 19.6 Å². The minimum Gasteiger partial charge on any atom is -0.368 e. The summed E-state index contributed by atoms with van der Waals surface area (Å²) in [7, 11) is 0. The van der Waals surface area contributed by atoms with Crippen LogP contribution in [0, 0.1) is 5.82 Å². The molecule has 2 aromatic rings. The molecular formula is C20H23ClFN7O. The number of amidine groups is 1. The summed E-state index contributed by atoms with van der Waals surface area (Å²) >= 11 is 5.93. The third-order valence-electron chi connectivity index (χ3n) is 5.50. The first-order valence-corrected chi connectivity index (χ1v) is 10.1. The predicted molar refractivity (Wildman–Crippen MR) is 114 cm³/mol. The number of primary amides is 1. The second kappa shape index (κ2) is 8.16. The lowest BCUT2D eigenvalue weighted by molar-refractivity contribution is -0.125. The monoisotopic (exact) mass is 431 g/mol. The maximum Gasteiger partial charge on any atom is 0.236 e. The zero-order valence-electron chi connectivity index (χ0n) is 16.6. The van der Waals surface area contributed by atoms with Crippen molar-refractivity contribution in [2.24, 2.45) is 15.7 Å². The fourth-order valence-corrected chi connectivity index (χ4v) is 3.99. The molecule has 0 unspecified atom stereocenters. The van der Waals surface area contributed by atoms with E-state index in [0.717, 1.165) is 25.9 Å². The molecule has 0 radical (unpaired) electrons. The van der Waals surface area contributed by atoms with E-state index in [1.54, 1.807) is 10.6 Å². The van der Waals surface area contributed by atoms with E-state index in [9.17, 15) is 9.18 Å². The van der Waals surface area contributed by atoms with Gasteiger partial charge in [0.15, 0.2) is 5.84 Å². The Bertz CT molecular complexity index is 1060. The van der Waals surface area contributed by atoms with E-state index < -0.39 is 5.82 Å². The van der Waals surface area contributed by atoms with Crippen molar-refractivity contribution in [3.8, 4) is 0 Å². The average Bonchev–Trinajstić information content (AvgIpc) is 3.51. The molecule has 1 atom stereocenters. The lowest BCUT2D eigenvalue weighted by Crippen LogP contribution is -2.58. The Morgan fingerprint density at radius 3 is 2.83 bits per heavy atom. The summed E-state index contributed by atoms with van der Waals surface area (Å²) < 4.78 is 15.3. The zero-order chi connectivity index (χ0) is 21.4. The van der Waals surface area contributed by atoms with Gasteiger partial charge in [0.25, 0.3) is 0 Å². The van der Waals surface area contributed by atoms with Crippen molar-refractivity contribution in [3.05, 3.63) is 46.9 Å². The van der Waals surface area contributed by atoms with Crippen molar-refractivity contribution in [2.45, 2.75) is 31.8 Å². The lowest BCUT2D eigenvalue weighted by atomic mass is 10.1. The van der Waals surface area contributed by atoms with Gasteiger partial charge in [0.1, 0.15) is 29.0 Å². The van der Waals surface area contributed by atoms with E-state index in [1.165, 1.54) is 12.3 Å². The van der Waals surface area contributed by atoms with E-state index in [2.05, 4.69) is 26.6 Å². The van der Waals surface area contributed by atoms with E-state index in [1.807, 2.05) is 17.9 Å². The number of nitrogens with zero attached hydrogens (tertiary/aromatic N) is 6. The van der Waals surface area contributed by atoms with Crippen LogP contribution in [0.4, 0.5) is 4.39 Å². The molecule has 1 aliphatic carbocycles. The lowest BCUT2D eigenvalue weighted by Gasteiger charge is -2.41. The second-order valence-corrected chi connectivity index (χ2v) is 7.82. The Labute approximate surface area is 178 Å². The Morgan fingerprint density at radius 2 is 2.20 bits per heavy atom. The van der Waals surface area contributed by atoms with Gasteiger partial charge in [-0.15, -0.1) is 0 Å². The summed E-state index contributed by atoms with van der Waals surface area (Å²) in [6.45, 7) is 7.42. The van der Waals surface area contributed by atoms with E-state index in [4.69, 9.17) is 17.3 Å². The molecular weight excluding hydrogens is 409 g/mol. The number of allylic oxidation sites excluding steroid dienone is 1. The molecule has 2 N–H and O–H groups in total. The molecule has 3 heterocycles. The molecule has 8 nitrogen and oxygen atoms in total. The number of nitrogens with two attached hydrogens (primary N) is 1. The molecule has 30 heavy (non-hydrogen) atoms. The summed E-state index contributed by atoms with van der Waals surface area (Å²) in [5.41, 5.74) is 6.59. The van der Waals surface area contributed by atoms with Crippen LogP contribution in [-0.4, -0.2) is 69.4 Å². The van der Waals surface area contributed by atoms with E-state index >= 15 is 0 Å². The molecule has 2 fully saturated rings. The summed E-state index contributed by atoms with van der Waals surface area (Å²) in [6.07, 6.45) is 7.05. The third-order valence-corrected chi connectivity index (χ3v) is 5.78. The highest BCUT2D eigenvalue weighted by molar-refractivity contribution is 6.30. The summed E-state index contributed by atoms with van der Waals surface area (Å²) in [4.78, 5) is 29.2. The molecule has 1 amide bonds. The number of hydrogen-bond acceptors (Lipinski definition) is 5. The predicted octanol–water partition coefficient (Wildman–Crippen LogP) is 2.07. The van der Waals surface area contributed by atoms with Gasteiger partial charge < -0.3 is 10.6 Å². The van der Waals surface area contributed by atoms with Crippen LogP contribution in [0.1, 0.15) is 25.5 Å². The van der Waals surface area contributed by atoms with Gasteiger partial charge in [-0.2, -0.15) is 0 Å². The minimum absolute atomic E-state index is 0.0306. The van der Waals surface area contributed by atoms with Crippen molar-refractivity contribution in [1.82, 2.24) is 19.2 Å². The van der Waals surface area contributed by atoms with Crippen molar-refractivity contribution >= 4 is 35.7 Å². The Balaban J connectivity index is 1.63. The Kier molecular flexibility index (Phi) is 5.57. The number of rotatable bonds is 5. The maximum atomic E-state index is 13.7. The zero-order valence-corrected chi connectivity index (χ0v) is 17.4. The SMILES string of the molecule is C=NC(=N/C(=C\C)N1CCN(C2CC2)[C@@H](C(N)=O)C1)c1cnc2cc(F)c(Cl)cn12. The summed E-state index contributed by atoms with van der Waals surface area (Å²) in [5.74, 6) is 0.0962. The molecule has 1 aliphatic heterocycles. The van der Waals surface area contributed by atoms with Gasteiger partial charge in [-0.3, -0.25) is 14.1 Å². The number of aromatic nitrogens is 2. The van der Waals surface area contributed by atoms with Crippen LogP contribution < -0.4 is 5.73 Å². The Morgan fingerprint density at radius 1 is 1.43 bits per heavy atom. The number of imidazole rings is 1. The van der Waals surface area contributed by atoms with Gasteiger partial charge >= 0.3 is 0 Å². The number of halogens is 2. The minimum atomic E-state index is -0.550. The second-order valence-electron chi connectivity index (χ2n) is 7.41. The molecule has 10 heteroatoms. The van der Waals surface area contributed by atoms with Crippen molar-refractivity contribution in [1.29, 1.82) is 0 Å². The average molecular weight is 432 g/mol. The number of carbonyl (C=O) groups is 1. The highest BCUT2D eigenvalue weighted by Gasteiger charge is 2.40. The van der Waals surface area contributed by atoms with Gasteiger partial charge in [0, 0.05) is 37.9 Å². The quantitative estimate of drug-likeness (QED) is 0.579. The van der Waals surface area contributed by atoms with Crippen LogP contribution in [-0.2, 0) is 4.79 Å². The number of carbonyl (C=O) groups excluding carboxylic acids is 1. The van der Waals surface area contributed by atoms with Crippen molar-refractivity contribution in [3.63, 3.8) is 0 Å². The topological polar surface area (TPSA) is 91.6 Å². The number of pyridine rings is 1. The van der Waals surface area contributed by atoms with Crippen LogP contribution in [0.3, 0.4) is 0 Å². The number of hydrogen-bond donors (Lipinski definition) is 1. The summed E-state index contributed by atoms with van der Waals surface area (Å²) in [5, 5.41) is -0.0306. The third kappa shape index (κ3) is 3.82. The highest BCUT2D eigenvalue weighted by Crippen LogP contribution is 2.31. The fraction of sp³-hybridized carbons (Fsp3) is 0.400. The highest BCUT2D eigenvalue weighted by atomic mass is 35.5. The normalized spacial score (nSPS) is 21.3. The van der Waals surface area contributed by atoms with Gasteiger partial charge in [-0.25, -0.2) is 19.4 Å². The smallest absolute Gasteiger partial charge is 0.236 e. The van der Waals surface area contributed by atoms with Crippen LogP contribution in [0.25, 0.3) is 5.65 Å². The largest absolute Gasteiger partial charge is 0.368 e. The van der Waals surface area contributed by atoms with Gasteiger partial charge in [0.2, 0.25) is 5.91 Å². The molecule has 158 valence electrons. The summed E-state index contributed by atoms with van der Waals surface area (Å²) in [6, 6.07) is 1.35. The molecule has 0 aromatic carbocycles. The molecule has 1 saturated carbocycles. The van der Waals surface area contributed by atoms with Crippen molar-refractivity contribution < 1.29 is 9.18 Å². The first kappa shape index (κ1) is 20.5. The number of fused-ring (bicyclic) bond motifs is 1. The van der Waals surface area contributed by atoms with Gasteiger partial charge in [0.05, 0.1) is 11.2 Å². The Hall–Kier alpha value is -2.78. The van der Waals surface area contributed by atoms with Gasteiger partial charge in [-0.05, 0) is 32.6 Å². The van der Waals surface area contributed by atoms with E-state index in [0.29, 0.717) is 35.6 Å². The molecule has 2 aromatic heterocycles. The van der Waals surface area contributed by atoms with Crippen LogP contribution in [0.5, 0.6) is 0 Å². The van der Waals surface area contributed by atoms with Crippen LogP contribution in [0.15, 0.2) is 40.3 Å². The maximum absolute atomic E-state index is 13.7. The van der Waals surface area contributed by atoms with Crippen LogP contribution >= 0.6 is 11.6 Å². The number of aliphatic imine (C=N–C) groups is 2. The standard InChI is InChI=1S/C20H23ClFN7O/c1-3-17(27-6-7-28(12-4-5-12)16(11-27)19(23)30)26-20(24-2)15-9-25-18-8-14(22)13(21)10-29(15)18/h3,8-10,12,16H,2,4-7,11H2,1H3,(H2,23,30)/b17-3+,26-20?/t16-/m1/s1. The van der Waals surface area contributed by atoms with Crippen LogP contribution in [0.2, 0.25) is 5.02 Å². The van der Waals surface area contributed by atoms with E-state index in [-0.39, 0.29) is 17.0 Å².